The van der Waals surface area contributed by atoms with E-state index in [0.29, 0.717) is 16.9 Å². The van der Waals surface area contributed by atoms with Crippen LogP contribution in [0.15, 0.2) is 103 Å². The monoisotopic (exact) mass is 425 g/mol. The highest BCUT2D eigenvalue weighted by molar-refractivity contribution is 6.08. The van der Waals surface area contributed by atoms with Crippen molar-refractivity contribution in [3.8, 4) is 0 Å². The SMILES string of the molecule is CC(=O)Nc1ccc(NC(=O)C(=CC=Cc2ccccc2)NC(=O)c2ccccc2)cc1. The van der Waals surface area contributed by atoms with Gasteiger partial charge in [-0.25, -0.2) is 0 Å². The summed E-state index contributed by atoms with van der Waals surface area (Å²) >= 11 is 0. The van der Waals surface area contributed by atoms with Gasteiger partial charge >= 0.3 is 0 Å². The first-order valence-corrected chi connectivity index (χ1v) is 10.00. The van der Waals surface area contributed by atoms with Gasteiger partial charge in [-0.3, -0.25) is 14.4 Å². The molecule has 160 valence electrons. The van der Waals surface area contributed by atoms with Crippen molar-refractivity contribution < 1.29 is 14.4 Å². The van der Waals surface area contributed by atoms with Gasteiger partial charge in [0.15, 0.2) is 0 Å². The number of carbonyl (C=O) groups excluding carboxylic acids is 3. The zero-order chi connectivity index (χ0) is 22.8. The zero-order valence-electron chi connectivity index (χ0n) is 17.5. The van der Waals surface area contributed by atoms with Gasteiger partial charge in [-0.05, 0) is 48.0 Å². The number of allylic oxidation sites excluding steroid dienone is 2. The number of nitrogens with one attached hydrogen (secondary N) is 3. The Bertz CT molecular complexity index is 1140. The van der Waals surface area contributed by atoms with Gasteiger partial charge in [-0.1, -0.05) is 60.7 Å². The van der Waals surface area contributed by atoms with Gasteiger partial charge in [-0.2, -0.15) is 0 Å². The van der Waals surface area contributed by atoms with Crippen molar-refractivity contribution >= 4 is 35.2 Å². The molecule has 0 bridgehead atoms. The highest BCUT2D eigenvalue weighted by Crippen LogP contribution is 2.14. The maximum atomic E-state index is 12.9. The summed E-state index contributed by atoms with van der Waals surface area (Å²) in [5.41, 5.74) is 2.65. The highest BCUT2D eigenvalue weighted by atomic mass is 16.2. The Morgan fingerprint density at radius 3 is 1.88 bits per heavy atom. The van der Waals surface area contributed by atoms with Gasteiger partial charge < -0.3 is 16.0 Å². The molecule has 0 aliphatic heterocycles. The molecule has 3 aromatic rings. The van der Waals surface area contributed by atoms with Gasteiger partial charge in [0.05, 0.1) is 0 Å². The second-order valence-corrected chi connectivity index (χ2v) is 6.88. The molecule has 3 rings (SSSR count). The molecule has 0 aromatic heterocycles. The minimum absolute atomic E-state index is 0.0944. The summed E-state index contributed by atoms with van der Waals surface area (Å²) in [5.74, 6) is -1.04. The fourth-order valence-corrected chi connectivity index (χ4v) is 2.82. The molecule has 3 aromatic carbocycles. The number of benzene rings is 3. The molecule has 0 heterocycles. The number of hydrogen-bond acceptors (Lipinski definition) is 3. The summed E-state index contributed by atoms with van der Waals surface area (Å²) in [6, 6.07) is 25.0. The van der Waals surface area contributed by atoms with E-state index < -0.39 is 5.91 Å². The van der Waals surface area contributed by atoms with Crippen molar-refractivity contribution in [3.05, 3.63) is 114 Å². The number of hydrogen-bond donors (Lipinski definition) is 3. The van der Waals surface area contributed by atoms with Crippen LogP contribution in [0.5, 0.6) is 0 Å². The summed E-state index contributed by atoms with van der Waals surface area (Å²) in [5, 5.41) is 8.11. The maximum absolute atomic E-state index is 12.9. The van der Waals surface area contributed by atoms with Crippen LogP contribution in [0.1, 0.15) is 22.8 Å². The van der Waals surface area contributed by atoms with Crippen LogP contribution >= 0.6 is 0 Å². The molecule has 0 unspecified atom stereocenters. The van der Waals surface area contributed by atoms with Crippen molar-refractivity contribution in [2.24, 2.45) is 0 Å². The van der Waals surface area contributed by atoms with Crippen LogP contribution in [0.4, 0.5) is 11.4 Å². The van der Waals surface area contributed by atoms with Gasteiger partial charge in [-0.15, -0.1) is 0 Å². The van der Waals surface area contributed by atoms with E-state index in [9.17, 15) is 14.4 Å². The van der Waals surface area contributed by atoms with Crippen molar-refractivity contribution in [2.45, 2.75) is 6.92 Å². The van der Waals surface area contributed by atoms with Crippen molar-refractivity contribution in [1.82, 2.24) is 5.32 Å². The lowest BCUT2D eigenvalue weighted by atomic mass is 10.2. The second kappa shape index (κ2) is 11.1. The zero-order valence-corrected chi connectivity index (χ0v) is 17.5. The van der Waals surface area contributed by atoms with Crippen LogP contribution in [0, 0.1) is 0 Å². The van der Waals surface area contributed by atoms with E-state index >= 15 is 0 Å². The van der Waals surface area contributed by atoms with Crippen LogP contribution in [0.25, 0.3) is 6.08 Å². The summed E-state index contributed by atoms with van der Waals surface area (Å²) in [6.45, 7) is 1.42. The first kappa shape index (κ1) is 22.2. The lowest BCUT2D eigenvalue weighted by Crippen LogP contribution is -2.30. The second-order valence-electron chi connectivity index (χ2n) is 6.88. The average Bonchev–Trinajstić information content (AvgIpc) is 2.80. The third-order valence-corrected chi connectivity index (χ3v) is 4.34. The van der Waals surface area contributed by atoms with Crippen molar-refractivity contribution in [3.63, 3.8) is 0 Å². The fourth-order valence-electron chi connectivity index (χ4n) is 2.82. The van der Waals surface area contributed by atoms with Crippen LogP contribution in [-0.2, 0) is 9.59 Å². The lowest BCUT2D eigenvalue weighted by Gasteiger charge is -2.11. The Morgan fingerprint density at radius 1 is 0.719 bits per heavy atom. The van der Waals surface area contributed by atoms with Gasteiger partial charge in [0, 0.05) is 23.9 Å². The molecule has 0 fully saturated rings. The van der Waals surface area contributed by atoms with E-state index in [1.807, 2.05) is 42.5 Å². The van der Waals surface area contributed by atoms with Gasteiger partial charge in [0.25, 0.3) is 11.8 Å². The van der Waals surface area contributed by atoms with Crippen molar-refractivity contribution in [2.75, 3.05) is 10.6 Å². The molecule has 6 heteroatoms. The Labute approximate surface area is 186 Å². The smallest absolute Gasteiger partial charge is 0.272 e. The molecular formula is C26H23N3O3. The minimum atomic E-state index is -0.473. The molecule has 6 nitrogen and oxygen atoms in total. The normalized spacial score (nSPS) is 11.1. The molecule has 3 amide bonds. The molecule has 0 saturated heterocycles. The maximum Gasteiger partial charge on any atom is 0.272 e. The predicted molar refractivity (Wildman–Crippen MR) is 127 cm³/mol. The van der Waals surface area contributed by atoms with E-state index in [2.05, 4.69) is 16.0 Å². The molecule has 0 aliphatic rings. The Hall–Kier alpha value is -4.45. The number of anilines is 2. The standard InChI is InChI=1S/C26H23N3O3/c1-19(30)27-22-15-17-23(18-16-22)28-26(32)24(14-8-11-20-9-4-2-5-10-20)29-25(31)21-12-6-3-7-13-21/h2-18H,1H3,(H,27,30)(H,28,32)(H,29,31). The van der Waals surface area contributed by atoms with Crippen LogP contribution in [0.2, 0.25) is 0 Å². The molecule has 32 heavy (non-hydrogen) atoms. The Kier molecular flexibility index (Phi) is 7.70. The van der Waals surface area contributed by atoms with Crippen molar-refractivity contribution in [1.29, 1.82) is 0 Å². The molecule has 0 spiro atoms. The molecule has 0 aliphatic carbocycles. The number of rotatable bonds is 7. The molecule has 0 saturated carbocycles. The van der Waals surface area contributed by atoms with Crippen LogP contribution < -0.4 is 16.0 Å². The Balaban J connectivity index is 1.78. The third-order valence-electron chi connectivity index (χ3n) is 4.34. The van der Waals surface area contributed by atoms with E-state index in [4.69, 9.17) is 0 Å². The summed E-state index contributed by atoms with van der Waals surface area (Å²) in [6.07, 6.45) is 5.09. The van der Waals surface area contributed by atoms with Crippen LogP contribution in [0.3, 0.4) is 0 Å². The molecule has 0 atom stereocenters. The minimum Gasteiger partial charge on any atom is -0.326 e. The topological polar surface area (TPSA) is 87.3 Å². The first-order valence-electron chi connectivity index (χ1n) is 10.00. The highest BCUT2D eigenvalue weighted by Gasteiger charge is 2.14. The van der Waals surface area contributed by atoms with Gasteiger partial charge in [0.1, 0.15) is 5.70 Å². The number of carbonyl (C=O) groups is 3. The lowest BCUT2D eigenvalue weighted by molar-refractivity contribution is -0.114. The number of amides is 3. The average molecular weight is 425 g/mol. The predicted octanol–water partition coefficient (Wildman–Crippen LogP) is 4.61. The Morgan fingerprint density at radius 2 is 1.28 bits per heavy atom. The summed E-state index contributed by atoms with van der Waals surface area (Å²) in [4.78, 5) is 36.6. The van der Waals surface area contributed by atoms with Crippen LogP contribution in [-0.4, -0.2) is 17.7 Å². The van der Waals surface area contributed by atoms with E-state index in [0.717, 1.165) is 5.56 Å². The van der Waals surface area contributed by atoms with E-state index in [-0.39, 0.29) is 17.5 Å². The van der Waals surface area contributed by atoms with Gasteiger partial charge in [0.2, 0.25) is 5.91 Å². The summed E-state index contributed by atoms with van der Waals surface area (Å²) < 4.78 is 0. The summed E-state index contributed by atoms with van der Waals surface area (Å²) in [7, 11) is 0. The molecular weight excluding hydrogens is 402 g/mol. The third kappa shape index (κ3) is 6.81. The van der Waals surface area contributed by atoms with E-state index in [1.54, 1.807) is 60.7 Å². The quantitative estimate of drug-likeness (QED) is 0.382. The largest absolute Gasteiger partial charge is 0.326 e. The molecule has 0 radical (unpaired) electrons. The van der Waals surface area contributed by atoms with E-state index in [1.165, 1.54) is 6.92 Å². The molecule has 3 N–H and O–H groups in total. The fraction of sp³-hybridized carbons (Fsp3) is 0.0385. The first-order chi connectivity index (χ1) is 15.5.